The van der Waals surface area contributed by atoms with Gasteiger partial charge in [-0.25, -0.2) is 0 Å². The molecule has 194 valence electrons. The monoisotopic (exact) mass is 532 g/mol. The van der Waals surface area contributed by atoms with E-state index < -0.39 is 6.10 Å². The Kier molecular flexibility index (Phi) is 8.85. The standard InChI is InChI=1S/C32H36O3S2/c1-2-28-27(21-29(37-28)22-17-19-36-20-18-22)32(25-11-7-4-8-12-25)35-26-15-13-24(14-16-26)31(34)30(33)23-9-5-3-6-10-23/h3,5-6,9-10,13-17,21,25,31-32,34H,2,4,7-8,11-12,18-20H2,1H3. The van der Waals surface area contributed by atoms with Crippen LogP contribution in [0.1, 0.15) is 88.9 Å². The van der Waals surface area contributed by atoms with Crippen molar-refractivity contribution < 1.29 is 14.6 Å². The van der Waals surface area contributed by atoms with Crippen molar-refractivity contribution in [3.8, 4) is 5.75 Å². The van der Waals surface area contributed by atoms with Gasteiger partial charge in [0.1, 0.15) is 18.0 Å². The number of carbonyl (C=O) groups excluding carboxylic acids is 1. The van der Waals surface area contributed by atoms with E-state index >= 15 is 0 Å². The number of thioether (sulfide) groups is 1. The average molecular weight is 533 g/mol. The lowest BCUT2D eigenvalue weighted by atomic mass is 9.82. The molecule has 1 N–H and O–H groups in total. The summed E-state index contributed by atoms with van der Waals surface area (Å²) in [6.07, 6.45) is 9.64. The molecule has 0 amide bonds. The number of aryl methyl sites for hydroxylation is 1. The first-order valence-electron chi connectivity index (χ1n) is 13.6. The van der Waals surface area contributed by atoms with E-state index in [1.807, 2.05) is 65.6 Å². The number of benzene rings is 2. The van der Waals surface area contributed by atoms with E-state index in [1.165, 1.54) is 58.7 Å². The molecular weight excluding hydrogens is 496 g/mol. The number of aliphatic hydroxyl groups excluding tert-OH is 1. The summed E-state index contributed by atoms with van der Waals surface area (Å²) in [6, 6.07) is 18.8. The molecule has 3 aromatic rings. The smallest absolute Gasteiger partial charge is 0.195 e. The minimum Gasteiger partial charge on any atom is -0.485 e. The topological polar surface area (TPSA) is 46.5 Å². The van der Waals surface area contributed by atoms with Crippen molar-refractivity contribution in [2.75, 3.05) is 11.5 Å². The maximum Gasteiger partial charge on any atom is 0.195 e. The molecule has 0 bridgehead atoms. The molecule has 1 fully saturated rings. The zero-order valence-electron chi connectivity index (χ0n) is 21.5. The summed E-state index contributed by atoms with van der Waals surface area (Å²) >= 11 is 3.96. The third-order valence-corrected chi connectivity index (χ3v) is 9.86. The maximum absolute atomic E-state index is 12.7. The first-order chi connectivity index (χ1) is 18.1. The SMILES string of the molecule is CCc1sc(C2=CCSCC2)cc1C(Oc1ccc(C(O)C(=O)c2ccccc2)cc1)C1CCCCC1. The summed E-state index contributed by atoms with van der Waals surface area (Å²) in [5.74, 6) is 3.32. The number of ether oxygens (including phenoxy) is 1. The lowest BCUT2D eigenvalue weighted by molar-refractivity contribution is 0.0746. The summed E-state index contributed by atoms with van der Waals surface area (Å²) in [7, 11) is 0. The largest absolute Gasteiger partial charge is 0.485 e. The fraction of sp³-hybridized carbons (Fsp3) is 0.406. The summed E-state index contributed by atoms with van der Waals surface area (Å²) in [4.78, 5) is 15.6. The molecule has 5 rings (SSSR count). The highest BCUT2D eigenvalue weighted by atomic mass is 32.2. The van der Waals surface area contributed by atoms with Crippen LogP contribution in [0.5, 0.6) is 5.75 Å². The molecule has 1 saturated carbocycles. The van der Waals surface area contributed by atoms with Gasteiger partial charge in [0.15, 0.2) is 5.78 Å². The van der Waals surface area contributed by atoms with Crippen LogP contribution in [0.2, 0.25) is 0 Å². The third kappa shape index (κ3) is 6.22. The van der Waals surface area contributed by atoms with E-state index in [9.17, 15) is 9.90 Å². The molecule has 37 heavy (non-hydrogen) atoms. The minimum atomic E-state index is -1.18. The first-order valence-corrected chi connectivity index (χ1v) is 15.5. The van der Waals surface area contributed by atoms with Crippen molar-refractivity contribution in [1.29, 1.82) is 0 Å². The molecular formula is C32H36O3S2. The highest BCUT2D eigenvalue weighted by molar-refractivity contribution is 7.99. The van der Waals surface area contributed by atoms with E-state index in [2.05, 4.69) is 19.1 Å². The second-order valence-corrected chi connectivity index (χ2v) is 12.3. The van der Waals surface area contributed by atoms with Crippen molar-refractivity contribution in [3.05, 3.63) is 93.2 Å². The van der Waals surface area contributed by atoms with Crippen LogP contribution in [0.4, 0.5) is 0 Å². The predicted octanol–water partition coefficient (Wildman–Crippen LogP) is 8.45. The van der Waals surface area contributed by atoms with Gasteiger partial charge in [-0.05, 0) is 60.8 Å². The number of hydrogen-bond acceptors (Lipinski definition) is 5. The van der Waals surface area contributed by atoms with Crippen LogP contribution in [0, 0.1) is 5.92 Å². The van der Waals surface area contributed by atoms with E-state index in [1.54, 1.807) is 12.1 Å². The van der Waals surface area contributed by atoms with Gasteiger partial charge in [-0.2, -0.15) is 11.8 Å². The Hall–Kier alpha value is -2.34. The van der Waals surface area contributed by atoms with Crippen LogP contribution >= 0.6 is 23.1 Å². The van der Waals surface area contributed by atoms with Crippen LogP contribution in [-0.2, 0) is 6.42 Å². The van der Waals surface area contributed by atoms with Crippen molar-refractivity contribution >= 4 is 34.5 Å². The molecule has 2 unspecified atom stereocenters. The van der Waals surface area contributed by atoms with Crippen LogP contribution < -0.4 is 4.74 Å². The van der Waals surface area contributed by atoms with E-state index in [-0.39, 0.29) is 11.9 Å². The molecule has 1 aliphatic carbocycles. The van der Waals surface area contributed by atoms with Gasteiger partial charge >= 0.3 is 0 Å². The van der Waals surface area contributed by atoms with Crippen LogP contribution in [-0.4, -0.2) is 22.4 Å². The summed E-state index contributed by atoms with van der Waals surface area (Å²) in [6.45, 7) is 2.25. The normalized spacial score (nSPS) is 18.2. The number of carbonyl (C=O) groups is 1. The Labute approximate surface area is 229 Å². The second-order valence-electron chi connectivity index (χ2n) is 10.0. The third-order valence-electron chi connectivity index (χ3n) is 7.59. The first kappa shape index (κ1) is 26.3. The Morgan fingerprint density at radius 3 is 2.49 bits per heavy atom. The Bertz CT molecular complexity index is 1210. The van der Waals surface area contributed by atoms with Crippen molar-refractivity contribution in [1.82, 2.24) is 0 Å². The molecule has 0 radical (unpaired) electrons. The molecule has 5 heteroatoms. The fourth-order valence-electron chi connectivity index (χ4n) is 5.51. The summed E-state index contributed by atoms with van der Waals surface area (Å²) < 4.78 is 6.78. The maximum atomic E-state index is 12.7. The van der Waals surface area contributed by atoms with Crippen molar-refractivity contribution in [2.45, 2.75) is 64.1 Å². The molecule has 2 atom stereocenters. The van der Waals surface area contributed by atoms with Gasteiger partial charge in [-0.3, -0.25) is 4.79 Å². The predicted molar refractivity (Wildman–Crippen MR) is 156 cm³/mol. The average Bonchev–Trinajstić information content (AvgIpc) is 3.41. The number of aliphatic hydroxyl groups is 1. The van der Waals surface area contributed by atoms with Gasteiger partial charge in [0.05, 0.1) is 0 Å². The number of thiophene rings is 1. The quantitative estimate of drug-likeness (QED) is 0.281. The lowest BCUT2D eigenvalue weighted by Gasteiger charge is -2.31. The van der Waals surface area contributed by atoms with Crippen LogP contribution in [0.15, 0.2) is 66.7 Å². The van der Waals surface area contributed by atoms with Gasteiger partial charge in [-0.15, -0.1) is 11.3 Å². The molecule has 0 spiro atoms. The van der Waals surface area contributed by atoms with Crippen LogP contribution in [0.25, 0.3) is 5.57 Å². The van der Waals surface area contributed by atoms with Gasteiger partial charge in [-0.1, -0.05) is 74.7 Å². The summed E-state index contributed by atoms with van der Waals surface area (Å²) in [5, 5.41) is 10.7. The zero-order valence-corrected chi connectivity index (χ0v) is 23.2. The fourth-order valence-corrected chi connectivity index (χ4v) is 7.56. The Morgan fingerprint density at radius 2 is 1.81 bits per heavy atom. The van der Waals surface area contributed by atoms with E-state index in [4.69, 9.17) is 4.74 Å². The van der Waals surface area contributed by atoms with Crippen molar-refractivity contribution in [3.63, 3.8) is 0 Å². The molecule has 0 saturated heterocycles. The van der Waals surface area contributed by atoms with E-state index in [0.717, 1.165) is 24.3 Å². The van der Waals surface area contributed by atoms with Gasteiger partial charge in [0, 0.05) is 32.6 Å². The van der Waals surface area contributed by atoms with Gasteiger partial charge < -0.3 is 9.84 Å². The van der Waals surface area contributed by atoms with Crippen LogP contribution in [0.3, 0.4) is 0 Å². The number of ketones is 1. The molecule has 2 aromatic carbocycles. The Balaban J connectivity index is 1.39. The highest BCUT2D eigenvalue weighted by Gasteiger charge is 2.30. The molecule has 2 aliphatic rings. The molecule has 1 aromatic heterocycles. The number of hydrogen-bond donors (Lipinski definition) is 1. The second kappa shape index (κ2) is 12.5. The van der Waals surface area contributed by atoms with Crippen molar-refractivity contribution in [2.24, 2.45) is 5.92 Å². The molecule has 1 aliphatic heterocycles. The minimum absolute atomic E-state index is 0.0283. The zero-order chi connectivity index (χ0) is 25.6. The molecule has 3 nitrogen and oxygen atoms in total. The van der Waals surface area contributed by atoms with Gasteiger partial charge in [0.2, 0.25) is 0 Å². The molecule has 2 heterocycles. The van der Waals surface area contributed by atoms with E-state index in [0.29, 0.717) is 17.0 Å². The number of rotatable bonds is 9. The Morgan fingerprint density at radius 1 is 1.05 bits per heavy atom. The number of Topliss-reactive ketones (excluding diaryl/α,β-unsaturated/α-hetero) is 1. The number of allylic oxidation sites excluding steroid dienone is 1. The summed E-state index contributed by atoms with van der Waals surface area (Å²) in [5.41, 5.74) is 3.95. The lowest BCUT2D eigenvalue weighted by Crippen LogP contribution is -2.22. The highest BCUT2D eigenvalue weighted by Crippen LogP contribution is 2.43. The van der Waals surface area contributed by atoms with Gasteiger partial charge in [0.25, 0.3) is 0 Å².